The second kappa shape index (κ2) is 9.11. The first-order chi connectivity index (χ1) is 12.5. The van der Waals surface area contributed by atoms with Crippen LogP contribution in [0.25, 0.3) is 0 Å². The lowest BCUT2D eigenvalue weighted by Gasteiger charge is -2.04. The Kier molecular flexibility index (Phi) is 6.84. The van der Waals surface area contributed by atoms with Crippen molar-refractivity contribution in [2.24, 2.45) is 0 Å². The monoisotopic (exact) mass is 442 g/mol. The van der Waals surface area contributed by atoms with Crippen molar-refractivity contribution in [2.75, 3.05) is 11.1 Å². The topological polar surface area (TPSA) is 42.0 Å². The van der Waals surface area contributed by atoms with Crippen LogP contribution in [0.3, 0.4) is 0 Å². The minimum Gasteiger partial charge on any atom is -0.301 e. The number of hydrogen-bond acceptors (Lipinski definition) is 4. The Morgan fingerprint density at radius 2 is 1.92 bits per heavy atom. The highest BCUT2D eigenvalue weighted by molar-refractivity contribution is 8.00. The van der Waals surface area contributed by atoms with Gasteiger partial charge in [0.2, 0.25) is 5.91 Å². The number of hydrogen-bond donors (Lipinski definition) is 1. The maximum Gasteiger partial charge on any atom is 0.236 e. The van der Waals surface area contributed by atoms with Gasteiger partial charge < -0.3 is 5.32 Å². The lowest BCUT2D eigenvalue weighted by Crippen LogP contribution is -2.13. The van der Waals surface area contributed by atoms with Gasteiger partial charge in [0.05, 0.1) is 10.8 Å². The third kappa shape index (κ3) is 5.63. The molecule has 0 aliphatic heterocycles. The molecule has 0 aliphatic rings. The van der Waals surface area contributed by atoms with Crippen LogP contribution in [0.15, 0.2) is 53.6 Å². The molecular formula is C18H13Cl3N2OS2. The zero-order chi connectivity index (χ0) is 18.5. The zero-order valence-corrected chi connectivity index (χ0v) is 17.2. The van der Waals surface area contributed by atoms with Crippen LogP contribution in [-0.4, -0.2) is 16.6 Å². The number of halogens is 3. The Morgan fingerprint density at radius 3 is 2.69 bits per heavy atom. The van der Waals surface area contributed by atoms with E-state index in [1.54, 1.807) is 24.4 Å². The van der Waals surface area contributed by atoms with Gasteiger partial charge in [-0.3, -0.25) is 4.79 Å². The number of anilines is 1. The Hall–Kier alpha value is -1.24. The van der Waals surface area contributed by atoms with Gasteiger partial charge in [0.15, 0.2) is 5.13 Å². The molecule has 0 unspecified atom stereocenters. The van der Waals surface area contributed by atoms with E-state index in [0.717, 1.165) is 21.8 Å². The molecule has 134 valence electrons. The van der Waals surface area contributed by atoms with Crippen LogP contribution in [-0.2, 0) is 11.2 Å². The number of nitrogens with one attached hydrogen (secondary N) is 1. The standard InChI is InChI=1S/C18H13Cl3N2OS2/c19-12-3-1-2-11(6-12)7-14-9-22-18(26-14)23-17(24)10-25-16-5-4-13(20)8-15(16)21/h1-6,8-9H,7,10H2,(H,22,23,24). The maximum absolute atomic E-state index is 12.1. The van der Waals surface area contributed by atoms with Crippen molar-refractivity contribution in [1.82, 2.24) is 4.98 Å². The first-order valence-corrected chi connectivity index (χ1v) is 10.5. The van der Waals surface area contributed by atoms with Crippen LogP contribution in [0.4, 0.5) is 5.13 Å². The van der Waals surface area contributed by atoms with Gasteiger partial charge in [-0.15, -0.1) is 23.1 Å². The van der Waals surface area contributed by atoms with Crippen LogP contribution in [0.1, 0.15) is 10.4 Å². The third-order valence-corrected chi connectivity index (χ3v) is 6.20. The summed E-state index contributed by atoms with van der Waals surface area (Å²) in [5.74, 6) is 0.106. The molecule has 1 heterocycles. The van der Waals surface area contributed by atoms with Gasteiger partial charge in [-0.05, 0) is 35.9 Å². The summed E-state index contributed by atoms with van der Waals surface area (Å²) in [5.41, 5.74) is 1.10. The molecule has 3 rings (SSSR count). The van der Waals surface area contributed by atoms with Crippen LogP contribution in [0.2, 0.25) is 15.1 Å². The molecule has 2 aromatic carbocycles. The van der Waals surface area contributed by atoms with E-state index in [2.05, 4.69) is 10.3 Å². The van der Waals surface area contributed by atoms with Gasteiger partial charge in [-0.1, -0.05) is 46.9 Å². The van der Waals surface area contributed by atoms with Gasteiger partial charge in [0.25, 0.3) is 0 Å². The molecule has 0 saturated carbocycles. The average Bonchev–Trinajstić information content (AvgIpc) is 3.01. The molecule has 0 radical (unpaired) electrons. The molecule has 1 amide bonds. The number of nitrogens with zero attached hydrogens (tertiary/aromatic N) is 1. The summed E-state index contributed by atoms with van der Waals surface area (Å²) in [7, 11) is 0. The Morgan fingerprint density at radius 1 is 1.12 bits per heavy atom. The van der Waals surface area contributed by atoms with Crippen molar-refractivity contribution >= 4 is 68.9 Å². The molecule has 26 heavy (non-hydrogen) atoms. The maximum atomic E-state index is 12.1. The van der Waals surface area contributed by atoms with Crippen molar-refractivity contribution in [3.63, 3.8) is 0 Å². The van der Waals surface area contributed by atoms with E-state index in [0.29, 0.717) is 20.2 Å². The summed E-state index contributed by atoms with van der Waals surface area (Å²) in [6, 6.07) is 12.9. The Bertz CT molecular complexity index is 930. The van der Waals surface area contributed by atoms with E-state index in [-0.39, 0.29) is 11.7 Å². The van der Waals surface area contributed by atoms with E-state index in [1.807, 2.05) is 24.3 Å². The minimum absolute atomic E-state index is 0.135. The molecule has 1 N–H and O–H groups in total. The lowest BCUT2D eigenvalue weighted by atomic mass is 10.1. The fraction of sp³-hybridized carbons (Fsp3) is 0.111. The minimum atomic E-state index is -0.135. The number of carbonyl (C=O) groups is 1. The van der Waals surface area contributed by atoms with Crippen LogP contribution >= 0.6 is 57.9 Å². The van der Waals surface area contributed by atoms with Crippen LogP contribution < -0.4 is 5.32 Å². The van der Waals surface area contributed by atoms with Crippen molar-refractivity contribution in [3.05, 3.63) is 74.2 Å². The Labute approximate surface area is 174 Å². The number of benzene rings is 2. The number of amides is 1. The van der Waals surface area contributed by atoms with E-state index in [4.69, 9.17) is 34.8 Å². The molecule has 0 spiro atoms. The third-order valence-electron chi connectivity index (χ3n) is 3.32. The van der Waals surface area contributed by atoms with E-state index < -0.39 is 0 Å². The molecule has 0 saturated heterocycles. The van der Waals surface area contributed by atoms with Crippen molar-refractivity contribution < 1.29 is 4.79 Å². The number of aromatic nitrogens is 1. The summed E-state index contributed by atoms with van der Waals surface area (Å²) in [5, 5.41) is 5.20. The fourth-order valence-corrected chi connectivity index (χ4v) is 4.55. The number of thiazole rings is 1. The average molecular weight is 444 g/mol. The van der Waals surface area contributed by atoms with Crippen LogP contribution in [0, 0.1) is 0 Å². The largest absolute Gasteiger partial charge is 0.301 e. The van der Waals surface area contributed by atoms with Crippen molar-refractivity contribution in [2.45, 2.75) is 11.3 Å². The molecule has 0 aliphatic carbocycles. The second-order valence-electron chi connectivity index (χ2n) is 5.35. The lowest BCUT2D eigenvalue weighted by molar-refractivity contribution is -0.113. The zero-order valence-electron chi connectivity index (χ0n) is 13.3. The SMILES string of the molecule is O=C(CSc1ccc(Cl)cc1Cl)Nc1ncc(Cc2cccc(Cl)c2)s1. The van der Waals surface area contributed by atoms with Crippen molar-refractivity contribution in [3.8, 4) is 0 Å². The number of carbonyl (C=O) groups excluding carboxylic acids is 1. The van der Waals surface area contributed by atoms with Gasteiger partial charge in [-0.2, -0.15) is 0 Å². The highest BCUT2D eigenvalue weighted by atomic mass is 35.5. The second-order valence-corrected chi connectivity index (χ2v) is 8.76. The molecule has 3 aromatic rings. The molecule has 1 aromatic heterocycles. The summed E-state index contributed by atoms with van der Waals surface area (Å²) >= 11 is 20.8. The molecular weight excluding hydrogens is 431 g/mol. The summed E-state index contributed by atoms with van der Waals surface area (Å²) in [6.07, 6.45) is 2.49. The molecule has 0 bridgehead atoms. The summed E-state index contributed by atoms with van der Waals surface area (Å²) < 4.78 is 0. The molecule has 3 nitrogen and oxygen atoms in total. The van der Waals surface area contributed by atoms with E-state index in [9.17, 15) is 4.79 Å². The number of rotatable bonds is 6. The summed E-state index contributed by atoms with van der Waals surface area (Å²) in [4.78, 5) is 18.2. The molecule has 0 fully saturated rings. The quantitative estimate of drug-likeness (QED) is 0.447. The smallest absolute Gasteiger partial charge is 0.236 e. The summed E-state index contributed by atoms with van der Waals surface area (Å²) in [6.45, 7) is 0. The van der Waals surface area contributed by atoms with Crippen LogP contribution in [0.5, 0.6) is 0 Å². The van der Waals surface area contributed by atoms with Gasteiger partial charge in [0.1, 0.15) is 0 Å². The first-order valence-electron chi connectivity index (χ1n) is 7.56. The van der Waals surface area contributed by atoms with E-state index in [1.165, 1.54) is 23.1 Å². The van der Waals surface area contributed by atoms with E-state index >= 15 is 0 Å². The number of thioether (sulfide) groups is 1. The highest BCUT2D eigenvalue weighted by Crippen LogP contribution is 2.30. The van der Waals surface area contributed by atoms with Crippen molar-refractivity contribution in [1.29, 1.82) is 0 Å². The normalized spacial score (nSPS) is 10.7. The Balaban J connectivity index is 1.54. The molecule has 0 atom stereocenters. The van der Waals surface area contributed by atoms with Gasteiger partial charge >= 0.3 is 0 Å². The first kappa shape index (κ1) is 19.5. The fourth-order valence-electron chi connectivity index (χ4n) is 2.19. The van der Waals surface area contributed by atoms with Gasteiger partial charge in [0, 0.05) is 32.4 Å². The predicted molar refractivity (Wildman–Crippen MR) is 112 cm³/mol. The predicted octanol–water partition coefficient (Wildman–Crippen LogP) is 6.42. The highest BCUT2D eigenvalue weighted by Gasteiger charge is 2.10. The van der Waals surface area contributed by atoms with Gasteiger partial charge in [-0.25, -0.2) is 4.98 Å². The molecule has 8 heteroatoms.